The summed E-state index contributed by atoms with van der Waals surface area (Å²) in [5.41, 5.74) is 24.4. The molecule has 0 spiro atoms. The molecule has 0 aliphatic rings. The number of hydrogen-bond donors (Lipinski definition) is 18. The van der Waals surface area contributed by atoms with Crippen LogP contribution in [-0.2, 0) is 80.0 Å². The highest BCUT2D eigenvalue weighted by molar-refractivity contribution is 6.00. The lowest BCUT2D eigenvalue weighted by Crippen LogP contribution is -2.62. The Morgan fingerprint density at radius 2 is 1.08 bits per heavy atom. The van der Waals surface area contributed by atoms with Gasteiger partial charge in [0.15, 0.2) is 0 Å². The number of carboxylic acids is 1. The highest BCUT2D eigenvalue weighted by atomic mass is 16.4. The maximum Gasteiger partial charge on any atom is 0.326 e. The third-order valence-corrected chi connectivity index (χ3v) is 14.6. The number of carboxylic acid groups (broad SMARTS) is 1. The predicted molar refractivity (Wildman–Crippen MR) is 322 cm³/mol. The number of carbonyl (C=O) groups excluding carboxylic acids is 13. The first-order valence-corrected chi connectivity index (χ1v) is 29.3. The van der Waals surface area contributed by atoms with Crippen LogP contribution in [0.4, 0.5) is 0 Å². The molecule has 3 rings (SSSR count). The number of para-hydroxylation sites is 1. The number of hydrogen-bond acceptors (Lipinski definition) is 17. The van der Waals surface area contributed by atoms with Crippen molar-refractivity contribution in [1.29, 1.82) is 0 Å². The number of aliphatic hydroxyl groups excluding tert-OH is 1. The summed E-state index contributed by atoms with van der Waals surface area (Å²) in [5, 5.41) is 44.9. The summed E-state index contributed by atoms with van der Waals surface area (Å²) in [5.74, 6) is -15.9. The van der Waals surface area contributed by atoms with E-state index in [1.54, 1.807) is 33.9 Å². The number of aromatic amines is 2. The zero-order valence-electron chi connectivity index (χ0n) is 51.6. The molecule has 33 heteroatoms. The molecule has 0 radical (unpaired) electrons. The molecule has 0 fully saturated rings. The van der Waals surface area contributed by atoms with Gasteiger partial charge in [0.1, 0.15) is 54.4 Å². The lowest BCUT2D eigenvalue weighted by atomic mass is 9.96. The second kappa shape index (κ2) is 36.1. The third kappa shape index (κ3) is 24.2. The summed E-state index contributed by atoms with van der Waals surface area (Å²) < 4.78 is 0. The van der Waals surface area contributed by atoms with Crippen LogP contribution in [0.1, 0.15) is 112 Å². The van der Waals surface area contributed by atoms with Crippen LogP contribution in [0, 0.1) is 17.8 Å². The van der Waals surface area contributed by atoms with Gasteiger partial charge < -0.3 is 96.3 Å². The highest BCUT2D eigenvalue weighted by Crippen LogP contribution is 2.20. The van der Waals surface area contributed by atoms with Gasteiger partial charge in [-0.3, -0.25) is 62.3 Å². The maximum absolute atomic E-state index is 14.4. The molecule has 0 aliphatic heterocycles. The molecule has 13 atom stereocenters. The third-order valence-electron chi connectivity index (χ3n) is 14.6. The molecule has 22 N–H and O–H groups in total. The van der Waals surface area contributed by atoms with E-state index in [-0.39, 0.29) is 38.0 Å². The van der Waals surface area contributed by atoms with E-state index in [0.29, 0.717) is 12.1 Å². The SMILES string of the molecule is CC[C@H](C)[C@H](NC(=O)[C@H](CCC(N)=O)NC(=O)CNC(=O)[C@H](CC(N)=O)NC(=O)[C@@H](NC(=O)[C@H](C)NC(=O)[C@H](CC(N)=O)NC(=O)[C@@H](NC(=O)[C@H](Cc1cnc[nH]1)NC(=O)[C@H](CC(C)C)NC(=O)[C@@H](N)Cc1c[nH]c2ccccc12)[C@@H](C)CC)[C@@H](C)O)C(=O)O. The number of imidazole rings is 1. The molecule has 33 nitrogen and oxygen atoms in total. The molecule has 0 saturated carbocycles. The van der Waals surface area contributed by atoms with Crippen LogP contribution in [0.15, 0.2) is 43.0 Å². The average Bonchev–Trinajstić information content (AvgIpc) is 2.18. The molecular formula is C57H87N17O16. The Balaban J connectivity index is 1.75. The number of carbonyl (C=O) groups is 14. The summed E-state index contributed by atoms with van der Waals surface area (Å²) in [7, 11) is 0. The Morgan fingerprint density at radius 1 is 0.556 bits per heavy atom. The van der Waals surface area contributed by atoms with Crippen molar-refractivity contribution in [2.24, 2.45) is 40.7 Å². The first-order chi connectivity index (χ1) is 42.3. The molecular weight excluding hydrogens is 1180 g/mol. The number of H-pyrrole nitrogens is 2. The number of aliphatic hydroxyl groups is 1. The van der Waals surface area contributed by atoms with E-state index in [4.69, 9.17) is 22.9 Å². The van der Waals surface area contributed by atoms with Gasteiger partial charge in [-0.25, -0.2) is 9.78 Å². The van der Waals surface area contributed by atoms with Gasteiger partial charge in [0.05, 0.1) is 37.9 Å². The quantitative estimate of drug-likeness (QED) is 0.0255. The van der Waals surface area contributed by atoms with E-state index in [0.717, 1.165) is 30.3 Å². The zero-order valence-corrected chi connectivity index (χ0v) is 51.6. The summed E-state index contributed by atoms with van der Waals surface area (Å²) >= 11 is 0. The van der Waals surface area contributed by atoms with E-state index < -0.39 is 187 Å². The van der Waals surface area contributed by atoms with Gasteiger partial charge in [-0.15, -0.1) is 0 Å². The monoisotopic (exact) mass is 1270 g/mol. The number of amides is 13. The summed E-state index contributed by atoms with van der Waals surface area (Å²) in [6.07, 6.45) is 0.904. The zero-order chi connectivity index (χ0) is 67.7. The number of rotatable bonds is 39. The molecule has 496 valence electrons. The lowest BCUT2D eigenvalue weighted by Gasteiger charge is -2.29. The molecule has 3 aromatic rings. The van der Waals surface area contributed by atoms with Gasteiger partial charge in [-0.1, -0.05) is 72.6 Å². The predicted octanol–water partition coefficient (Wildman–Crippen LogP) is -4.88. The average molecular weight is 1270 g/mol. The second-order valence-electron chi connectivity index (χ2n) is 22.5. The Hall–Kier alpha value is -9.53. The molecule has 0 bridgehead atoms. The minimum Gasteiger partial charge on any atom is -0.480 e. The number of benzene rings is 1. The van der Waals surface area contributed by atoms with Crippen molar-refractivity contribution in [3.8, 4) is 0 Å². The summed E-state index contributed by atoms with van der Waals surface area (Å²) in [6.45, 7) is 11.4. The molecule has 0 aliphatic carbocycles. The van der Waals surface area contributed by atoms with Crippen LogP contribution in [0.2, 0.25) is 0 Å². The largest absolute Gasteiger partial charge is 0.480 e. The van der Waals surface area contributed by atoms with Gasteiger partial charge in [0.25, 0.3) is 0 Å². The normalized spacial score (nSPS) is 15.5. The Kier molecular flexibility index (Phi) is 29.9. The molecule has 13 amide bonds. The number of primary amides is 3. The van der Waals surface area contributed by atoms with Crippen molar-refractivity contribution in [3.05, 3.63) is 54.2 Å². The van der Waals surface area contributed by atoms with Crippen LogP contribution < -0.4 is 76.1 Å². The maximum atomic E-state index is 14.4. The smallest absolute Gasteiger partial charge is 0.326 e. The van der Waals surface area contributed by atoms with E-state index in [1.807, 2.05) is 38.1 Å². The van der Waals surface area contributed by atoms with Crippen molar-refractivity contribution in [2.45, 2.75) is 180 Å². The van der Waals surface area contributed by atoms with Gasteiger partial charge >= 0.3 is 5.97 Å². The van der Waals surface area contributed by atoms with Crippen molar-refractivity contribution in [1.82, 2.24) is 68.1 Å². The summed E-state index contributed by atoms with van der Waals surface area (Å²) in [4.78, 5) is 195. The van der Waals surface area contributed by atoms with E-state index in [9.17, 15) is 77.3 Å². The molecule has 2 heterocycles. The van der Waals surface area contributed by atoms with Crippen LogP contribution in [0.5, 0.6) is 0 Å². The fourth-order valence-electron chi connectivity index (χ4n) is 9.10. The van der Waals surface area contributed by atoms with E-state index >= 15 is 0 Å². The molecule has 0 unspecified atom stereocenters. The van der Waals surface area contributed by atoms with Crippen LogP contribution in [-0.4, -0.2) is 181 Å². The molecule has 2 aromatic heterocycles. The number of aromatic nitrogens is 3. The van der Waals surface area contributed by atoms with Crippen LogP contribution in [0.25, 0.3) is 10.9 Å². The van der Waals surface area contributed by atoms with Gasteiger partial charge in [0, 0.05) is 41.8 Å². The second-order valence-corrected chi connectivity index (χ2v) is 22.5. The minimum absolute atomic E-state index is 0.134. The number of fused-ring (bicyclic) bond motifs is 1. The van der Waals surface area contributed by atoms with Gasteiger partial charge in [-0.05, 0) is 62.5 Å². The first kappa shape index (κ1) is 74.7. The topological polar surface area (TPSA) is 548 Å². The van der Waals surface area contributed by atoms with Crippen LogP contribution in [0.3, 0.4) is 0 Å². The fourth-order valence-corrected chi connectivity index (χ4v) is 9.10. The standard InChI is InChI=1S/C57H87N17O16/c1-9-27(5)45(72-54(86)38(19-32-23-62-25-65-32)69-53(85)37(17-26(3)4)68-49(81)34(58)18-31-22-63-35-14-12-11-13-33(31)35)55(87)71-40(21-43(61)78)52(84)66-29(7)48(80)74-47(30(8)75)56(88)70-39(20-42(60)77)50(82)64-24-44(79)67-36(15-16-41(59)76)51(83)73-46(57(89)90)28(6)10-2/h11-14,22-23,25-30,34,36-40,45-47,63,75H,9-10,15-21,24,58H2,1-8H3,(H2,59,76)(H2,60,77)(H2,61,78)(H,62,65)(H,64,82)(H,66,84)(H,67,79)(H,68,81)(H,69,85)(H,70,88)(H,71,87)(H,72,86)(H,73,83)(H,74,80)(H,89,90)/t27-,28-,29-,30+,34-,36-,37-,38-,39-,40-,45-,46-,47-/m0/s1. The van der Waals surface area contributed by atoms with Crippen LogP contribution >= 0.6 is 0 Å². The van der Waals surface area contributed by atoms with E-state index in [1.165, 1.54) is 12.5 Å². The first-order valence-electron chi connectivity index (χ1n) is 29.3. The Bertz CT molecular complexity index is 3030. The minimum atomic E-state index is -1.93. The Morgan fingerprint density at radius 3 is 1.63 bits per heavy atom. The Labute approximate surface area is 518 Å². The number of nitrogens with zero attached hydrogens (tertiary/aromatic N) is 1. The van der Waals surface area contributed by atoms with Crippen molar-refractivity contribution in [2.75, 3.05) is 6.54 Å². The molecule has 0 saturated heterocycles. The van der Waals surface area contributed by atoms with Gasteiger partial charge in [0.2, 0.25) is 76.8 Å². The van der Waals surface area contributed by atoms with Crippen molar-refractivity contribution in [3.63, 3.8) is 0 Å². The van der Waals surface area contributed by atoms with Crippen molar-refractivity contribution >= 4 is 93.7 Å². The highest BCUT2D eigenvalue weighted by Gasteiger charge is 2.38. The lowest BCUT2D eigenvalue weighted by molar-refractivity contribution is -0.144. The van der Waals surface area contributed by atoms with Crippen molar-refractivity contribution < 1.29 is 77.3 Å². The van der Waals surface area contributed by atoms with E-state index in [2.05, 4.69) is 68.1 Å². The molecule has 1 aromatic carbocycles. The van der Waals surface area contributed by atoms with Gasteiger partial charge in [-0.2, -0.15) is 0 Å². The fraction of sp³-hybridized carbons (Fsp3) is 0.561. The number of nitrogens with one attached hydrogen (secondary N) is 12. The molecule has 90 heavy (non-hydrogen) atoms. The number of nitrogens with two attached hydrogens (primary N) is 4. The summed E-state index contributed by atoms with van der Waals surface area (Å²) in [6, 6.07) is -7.76. The number of aliphatic carboxylic acids is 1.